The Morgan fingerprint density at radius 2 is 2.13 bits per heavy atom. The molecule has 5 heteroatoms. The van der Waals surface area contributed by atoms with Crippen molar-refractivity contribution in [2.24, 2.45) is 0 Å². The molecule has 0 bridgehead atoms. The highest BCUT2D eigenvalue weighted by molar-refractivity contribution is 5.51. The Morgan fingerprint density at radius 3 is 2.73 bits per heavy atom. The maximum absolute atomic E-state index is 9.10. The highest BCUT2D eigenvalue weighted by Crippen LogP contribution is 2.28. The molecule has 0 radical (unpaired) electrons. The second-order valence-electron chi connectivity index (χ2n) is 3.06. The zero-order valence-corrected chi connectivity index (χ0v) is 8.51. The Balaban J connectivity index is 2.67. The van der Waals surface area contributed by atoms with Crippen LogP contribution in [0.3, 0.4) is 0 Å². The van der Waals surface area contributed by atoms with Gasteiger partial charge < -0.3 is 25.4 Å². The molecule has 0 heterocycles. The van der Waals surface area contributed by atoms with Crippen molar-refractivity contribution in [1.29, 1.82) is 0 Å². The summed E-state index contributed by atoms with van der Waals surface area (Å²) >= 11 is 0. The smallest absolute Gasteiger partial charge is 0.162 e. The molecule has 1 aromatic carbocycles. The molecule has 0 saturated carbocycles. The van der Waals surface area contributed by atoms with E-state index >= 15 is 0 Å². The minimum absolute atomic E-state index is 0.0107. The topological polar surface area (TPSA) is 84.9 Å². The summed E-state index contributed by atoms with van der Waals surface area (Å²) in [5.41, 5.74) is 6.13. The van der Waals surface area contributed by atoms with Crippen LogP contribution < -0.4 is 15.2 Å². The Bertz CT molecular complexity index is 316. The van der Waals surface area contributed by atoms with Gasteiger partial charge in [0.2, 0.25) is 0 Å². The molecule has 0 aliphatic heterocycles. The first-order valence-corrected chi connectivity index (χ1v) is 4.52. The van der Waals surface area contributed by atoms with E-state index in [0.29, 0.717) is 17.2 Å². The van der Waals surface area contributed by atoms with Crippen LogP contribution in [0.15, 0.2) is 18.2 Å². The number of hydrogen-bond donors (Lipinski definition) is 3. The SMILES string of the molecule is COc1cc(N)ccc1OCC(O)CO. The third-order valence-corrected chi connectivity index (χ3v) is 1.83. The van der Waals surface area contributed by atoms with Gasteiger partial charge in [-0.25, -0.2) is 0 Å². The largest absolute Gasteiger partial charge is 0.493 e. The van der Waals surface area contributed by atoms with Crippen LogP contribution in [0, 0.1) is 0 Å². The van der Waals surface area contributed by atoms with Crippen molar-refractivity contribution >= 4 is 5.69 Å². The Hall–Kier alpha value is -1.46. The molecule has 0 amide bonds. The van der Waals surface area contributed by atoms with E-state index in [0.717, 1.165) is 0 Å². The lowest BCUT2D eigenvalue weighted by Gasteiger charge is -2.13. The molecule has 1 rings (SSSR count). The number of nitrogens with two attached hydrogens (primary N) is 1. The molecular weight excluding hydrogens is 198 g/mol. The van der Waals surface area contributed by atoms with Gasteiger partial charge in [0.15, 0.2) is 11.5 Å². The van der Waals surface area contributed by atoms with Gasteiger partial charge in [0, 0.05) is 11.8 Å². The number of hydrogen-bond acceptors (Lipinski definition) is 5. The molecule has 0 saturated heterocycles. The first-order chi connectivity index (χ1) is 7.17. The maximum atomic E-state index is 9.10. The van der Waals surface area contributed by atoms with Crippen molar-refractivity contribution < 1.29 is 19.7 Å². The minimum atomic E-state index is -0.896. The van der Waals surface area contributed by atoms with E-state index in [9.17, 15) is 0 Å². The third kappa shape index (κ3) is 3.30. The van der Waals surface area contributed by atoms with Crippen molar-refractivity contribution in [2.45, 2.75) is 6.10 Å². The minimum Gasteiger partial charge on any atom is -0.493 e. The molecule has 84 valence electrons. The summed E-state index contributed by atoms with van der Waals surface area (Å²) in [7, 11) is 1.50. The Kier molecular flexibility index (Phi) is 4.20. The van der Waals surface area contributed by atoms with Gasteiger partial charge >= 0.3 is 0 Å². The summed E-state index contributed by atoms with van der Waals surface area (Å²) < 4.78 is 10.3. The first-order valence-electron chi connectivity index (χ1n) is 4.52. The normalized spacial score (nSPS) is 12.2. The second-order valence-corrected chi connectivity index (χ2v) is 3.06. The van der Waals surface area contributed by atoms with Crippen molar-refractivity contribution in [3.05, 3.63) is 18.2 Å². The summed E-state index contributed by atoms with van der Waals surface area (Å²) in [6.45, 7) is -0.325. The van der Waals surface area contributed by atoms with Gasteiger partial charge in [-0.15, -0.1) is 0 Å². The maximum Gasteiger partial charge on any atom is 0.162 e. The molecule has 1 unspecified atom stereocenters. The van der Waals surface area contributed by atoms with Gasteiger partial charge in [-0.3, -0.25) is 0 Å². The fourth-order valence-electron chi connectivity index (χ4n) is 1.04. The molecule has 0 spiro atoms. The lowest BCUT2D eigenvalue weighted by molar-refractivity contribution is 0.0527. The van der Waals surface area contributed by atoms with Gasteiger partial charge in [-0.1, -0.05) is 0 Å². The zero-order chi connectivity index (χ0) is 11.3. The summed E-state index contributed by atoms with van der Waals surface area (Å²) in [6, 6.07) is 4.95. The number of benzene rings is 1. The van der Waals surface area contributed by atoms with Crippen molar-refractivity contribution in [2.75, 3.05) is 26.1 Å². The van der Waals surface area contributed by atoms with Crippen LogP contribution in [0.25, 0.3) is 0 Å². The number of rotatable bonds is 5. The average molecular weight is 213 g/mol. The monoisotopic (exact) mass is 213 g/mol. The number of aliphatic hydroxyl groups is 2. The lowest BCUT2D eigenvalue weighted by atomic mass is 10.3. The molecule has 1 atom stereocenters. The van der Waals surface area contributed by atoms with Gasteiger partial charge in [0.1, 0.15) is 12.7 Å². The number of ether oxygens (including phenoxy) is 2. The number of aliphatic hydroxyl groups excluding tert-OH is 2. The molecule has 0 fully saturated rings. The van der Waals surface area contributed by atoms with Gasteiger partial charge in [0.25, 0.3) is 0 Å². The van der Waals surface area contributed by atoms with E-state index in [1.165, 1.54) is 7.11 Å². The molecule has 0 aromatic heterocycles. The predicted octanol–water partition coefficient (Wildman–Crippen LogP) is 0.00940. The Labute approximate surface area is 88.0 Å². The van der Waals surface area contributed by atoms with E-state index in [1.54, 1.807) is 18.2 Å². The second kappa shape index (κ2) is 5.43. The highest BCUT2D eigenvalue weighted by atomic mass is 16.5. The van der Waals surface area contributed by atoms with Crippen molar-refractivity contribution in [3.8, 4) is 11.5 Å². The standard InChI is InChI=1S/C10H15NO4/c1-14-10-4-7(11)2-3-9(10)15-6-8(13)5-12/h2-4,8,12-13H,5-6,11H2,1H3. The van der Waals surface area contributed by atoms with Gasteiger partial charge in [0.05, 0.1) is 13.7 Å². The average Bonchev–Trinajstić information content (AvgIpc) is 2.26. The predicted molar refractivity (Wildman–Crippen MR) is 56.0 cm³/mol. The van der Waals surface area contributed by atoms with Crippen LogP contribution in [0.2, 0.25) is 0 Å². The molecule has 5 nitrogen and oxygen atoms in total. The van der Waals surface area contributed by atoms with Crippen LogP contribution in [-0.4, -0.2) is 36.6 Å². The quantitative estimate of drug-likeness (QED) is 0.600. The summed E-state index contributed by atoms with van der Waals surface area (Å²) in [5, 5.41) is 17.7. The highest BCUT2D eigenvalue weighted by Gasteiger charge is 2.07. The van der Waals surface area contributed by atoms with Gasteiger partial charge in [-0.2, -0.15) is 0 Å². The van der Waals surface area contributed by atoms with Crippen LogP contribution in [0.1, 0.15) is 0 Å². The summed E-state index contributed by atoms with van der Waals surface area (Å²) in [4.78, 5) is 0. The fraction of sp³-hybridized carbons (Fsp3) is 0.400. The van der Waals surface area contributed by atoms with Crippen LogP contribution >= 0.6 is 0 Å². The molecule has 0 aliphatic rings. The number of nitrogen functional groups attached to an aromatic ring is 1. The van der Waals surface area contributed by atoms with Crippen molar-refractivity contribution in [3.63, 3.8) is 0 Å². The van der Waals surface area contributed by atoms with E-state index < -0.39 is 6.10 Å². The van der Waals surface area contributed by atoms with E-state index in [2.05, 4.69) is 0 Å². The molecule has 4 N–H and O–H groups in total. The molecular formula is C10H15NO4. The lowest BCUT2D eigenvalue weighted by Crippen LogP contribution is -2.21. The number of methoxy groups -OCH3 is 1. The molecule has 1 aromatic rings. The van der Waals surface area contributed by atoms with Gasteiger partial charge in [-0.05, 0) is 12.1 Å². The molecule has 0 aliphatic carbocycles. The third-order valence-electron chi connectivity index (χ3n) is 1.83. The number of anilines is 1. The van der Waals surface area contributed by atoms with E-state index in [1.807, 2.05) is 0 Å². The zero-order valence-electron chi connectivity index (χ0n) is 8.51. The molecule has 15 heavy (non-hydrogen) atoms. The van der Waals surface area contributed by atoms with Crippen LogP contribution in [0.4, 0.5) is 5.69 Å². The van der Waals surface area contributed by atoms with Crippen LogP contribution in [-0.2, 0) is 0 Å². The summed E-state index contributed by atoms with van der Waals surface area (Å²) in [5.74, 6) is 0.985. The van der Waals surface area contributed by atoms with Crippen LogP contribution in [0.5, 0.6) is 11.5 Å². The van der Waals surface area contributed by atoms with E-state index in [-0.39, 0.29) is 13.2 Å². The first kappa shape index (κ1) is 11.6. The Morgan fingerprint density at radius 1 is 1.40 bits per heavy atom. The fourth-order valence-corrected chi connectivity index (χ4v) is 1.04. The van der Waals surface area contributed by atoms with Crippen molar-refractivity contribution in [1.82, 2.24) is 0 Å². The van der Waals surface area contributed by atoms with E-state index in [4.69, 9.17) is 25.4 Å². The summed E-state index contributed by atoms with van der Waals surface area (Å²) in [6.07, 6.45) is -0.896.